The van der Waals surface area contributed by atoms with E-state index in [0.717, 1.165) is 6.42 Å². The van der Waals surface area contributed by atoms with E-state index in [9.17, 15) is 13.2 Å². The fraction of sp³-hybridized carbons (Fsp3) is 0.500. The molecule has 0 bridgehead atoms. The second-order valence-corrected chi connectivity index (χ2v) is 6.75. The summed E-state index contributed by atoms with van der Waals surface area (Å²) in [4.78, 5) is 11.2. The van der Waals surface area contributed by atoms with Gasteiger partial charge in [0.05, 0.1) is 22.8 Å². The van der Waals surface area contributed by atoms with Crippen molar-refractivity contribution in [3.05, 3.63) is 28.8 Å². The number of carboxylic acid groups (broad SMARTS) is 1. The summed E-state index contributed by atoms with van der Waals surface area (Å²) in [6.45, 7) is 5.89. The van der Waals surface area contributed by atoms with Crippen LogP contribution in [-0.2, 0) is 14.6 Å². The van der Waals surface area contributed by atoms with Crippen molar-refractivity contribution in [1.29, 1.82) is 0 Å². The first-order valence-electron chi connectivity index (χ1n) is 6.44. The molecule has 5 nitrogen and oxygen atoms in total. The number of sulfone groups is 1. The predicted molar refractivity (Wildman–Crippen MR) is 76.0 cm³/mol. The molecule has 0 saturated heterocycles. The molecule has 1 aromatic rings. The standard InChI is InChI=1S/C14H20O5S/c1-4-5-19-6-7-20(17,18)13-9-12(14(15)16)10(2)8-11(13)3/h8-9H,4-7H2,1-3H3,(H,15,16). The molecular formula is C14H20O5S. The number of rotatable bonds is 7. The lowest BCUT2D eigenvalue weighted by Gasteiger charge is -2.11. The Kier molecular flexibility index (Phi) is 5.71. The highest BCUT2D eigenvalue weighted by atomic mass is 32.2. The van der Waals surface area contributed by atoms with E-state index in [4.69, 9.17) is 9.84 Å². The van der Waals surface area contributed by atoms with Gasteiger partial charge in [-0.2, -0.15) is 0 Å². The highest BCUT2D eigenvalue weighted by molar-refractivity contribution is 7.91. The van der Waals surface area contributed by atoms with Crippen LogP contribution in [0.1, 0.15) is 34.8 Å². The van der Waals surface area contributed by atoms with E-state index in [-0.39, 0.29) is 22.8 Å². The number of hydrogen-bond donors (Lipinski definition) is 1. The van der Waals surface area contributed by atoms with Crippen LogP contribution in [0.5, 0.6) is 0 Å². The summed E-state index contributed by atoms with van der Waals surface area (Å²) in [5, 5.41) is 9.07. The second-order valence-electron chi connectivity index (χ2n) is 4.67. The smallest absolute Gasteiger partial charge is 0.335 e. The Morgan fingerprint density at radius 2 is 1.85 bits per heavy atom. The molecule has 0 spiro atoms. The number of aryl methyl sites for hydroxylation is 2. The molecule has 0 amide bonds. The Labute approximate surface area is 119 Å². The monoisotopic (exact) mass is 300 g/mol. The zero-order chi connectivity index (χ0) is 15.3. The molecule has 0 aliphatic heterocycles. The quantitative estimate of drug-likeness (QED) is 0.781. The summed E-state index contributed by atoms with van der Waals surface area (Å²) in [5.74, 6) is -1.27. The van der Waals surface area contributed by atoms with E-state index < -0.39 is 15.8 Å². The van der Waals surface area contributed by atoms with Crippen molar-refractivity contribution in [3.63, 3.8) is 0 Å². The molecular weight excluding hydrogens is 280 g/mol. The fourth-order valence-corrected chi connectivity index (χ4v) is 3.33. The van der Waals surface area contributed by atoms with Crippen molar-refractivity contribution >= 4 is 15.8 Å². The predicted octanol–water partition coefficient (Wildman–Crippen LogP) is 2.20. The van der Waals surface area contributed by atoms with Crippen molar-refractivity contribution in [2.45, 2.75) is 32.1 Å². The van der Waals surface area contributed by atoms with Gasteiger partial charge in [-0.1, -0.05) is 13.0 Å². The Morgan fingerprint density at radius 1 is 1.20 bits per heavy atom. The van der Waals surface area contributed by atoms with Gasteiger partial charge in [0.15, 0.2) is 9.84 Å². The van der Waals surface area contributed by atoms with Crippen LogP contribution < -0.4 is 0 Å². The highest BCUT2D eigenvalue weighted by Gasteiger charge is 2.20. The van der Waals surface area contributed by atoms with Gasteiger partial charge in [-0.15, -0.1) is 0 Å². The van der Waals surface area contributed by atoms with Gasteiger partial charge < -0.3 is 9.84 Å². The molecule has 20 heavy (non-hydrogen) atoms. The van der Waals surface area contributed by atoms with Crippen LogP contribution >= 0.6 is 0 Å². The zero-order valence-electron chi connectivity index (χ0n) is 12.0. The molecule has 112 valence electrons. The van der Waals surface area contributed by atoms with Gasteiger partial charge in [-0.05, 0) is 37.5 Å². The average molecular weight is 300 g/mol. The van der Waals surface area contributed by atoms with Crippen LogP contribution in [0, 0.1) is 13.8 Å². The van der Waals surface area contributed by atoms with Gasteiger partial charge in [0, 0.05) is 6.61 Å². The Bertz CT molecular complexity index is 590. The lowest BCUT2D eigenvalue weighted by atomic mass is 10.1. The summed E-state index contributed by atoms with van der Waals surface area (Å²) in [6, 6.07) is 2.82. The number of hydrogen-bond acceptors (Lipinski definition) is 4. The summed E-state index contributed by atoms with van der Waals surface area (Å²) in [5.41, 5.74) is 1.13. The van der Waals surface area contributed by atoms with Gasteiger partial charge in [-0.25, -0.2) is 13.2 Å². The molecule has 0 saturated carbocycles. The fourth-order valence-electron chi connectivity index (χ4n) is 1.92. The second kappa shape index (κ2) is 6.85. The zero-order valence-corrected chi connectivity index (χ0v) is 12.8. The third-order valence-corrected chi connectivity index (χ3v) is 4.75. The molecule has 6 heteroatoms. The Balaban J connectivity index is 3.05. The SMILES string of the molecule is CCCOCCS(=O)(=O)c1cc(C(=O)O)c(C)cc1C. The number of benzene rings is 1. The van der Waals surface area contributed by atoms with Crippen LogP contribution in [-0.4, -0.2) is 38.5 Å². The van der Waals surface area contributed by atoms with E-state index in [1.807, 2.05) is 6.92 Å². The summed E-state index contributed by atoms with van der Waals surface area (Å²) < 4.78 is 29.6. The molecule has 0 fully saturated rings. The molecule has 1 N–H and O–H groups in total. The van der Waals surface area contributed by atoms with Gasteiger partial charge in [0.25, 0.3) is 0 Å². The van der Waals surface area contributed by atoms with Gasteiger partial charge >= 0.3 is 5.97 Å². The normalized spacial score (nSPS) is 11.6. The van der Waals surface area contributed by atoms with Crippen LogP contribution in [0.25, 0.3) is 0 Å². The molecule has 0 radical (unpaired) electrons. The molecule has 0 aromatic heterocycles. The van der Waals surface area contributed by atoms with Crippen molar-refractivity contribution < 1.29 is 23.1 Å². The minimum Gasteiger partial charge on any atom is -0.478 e. The molecule has 0 aliphatic carbocycles. The number of carboxylic acids is 1. The Hall–Kier alpha value is -1.40. The first-order chi connectivity index (χ1) is 9.29. The van der Waals surface area contributed by atoms with Crippen molar-refractivity contribution in [1.82, 2.24) is 0 Å². The minimum absolute atomic E-state index is 0.0173. The van der Waals surface area contributed by atoms with Gasteiger partial charge in [-0.3, -0.25) is 0 Å². The van der Waals surface area contributed by atoms with E-state index in [1.54, 1.807) is 19.9 Å². The first kappa shape index (κ1) is 16.7. The van der Waals surface area contributed by atoms with E-state index in [1.165, 1.54) is 6.07 Å². The maximum absolute atomic E-state index is 12.2. The van der Waals surface area contributed by atoms with Crippen molar-refractivity contribution in [3.8, 4) is 0 Å². The van der Waals surface area contributed by atoms with Crippen molar-refractivity contribution in [2.75, 3.05) is 19.0 Å². The maximum atomic E-state index is 12.2. The highest BCUT2D eigenvalue weighted by Crippen LogP contribution is 2.21. The Morgan fingerprint density at radius 3 is 2.40 bits per heavy atom. The lowest BCUT2D eigenvalue weighted by Crippen LogP contribution is -2.15. The summed E-state index contributed by atoms with van der Waals surface area (Å²) in [6.07, 6.45) is 0.826. The van der Waals surface area contributed by atoms with Gasteiger partial charge in [0.1, 0.15) is 0 Å². The average Bonchev–Trinajstić information content (AvgIpc) is 2.33. The largest absolute Gasteiger partial charge is 0.478 e. The molecule has 0 atom stereocenters. The minimum atomic E-state index is -3.53. The van der Waals surface area contributed by atoms with Crippen LogP contribution in [0.3, 0.4) is 0 Å². The molecule has 1 aromatic carbocycles. The summed E-state index contributed by atoms with van der Waals surface area (Å²) >= 11 is 0. The number of aromatic carboxylic acids is 1. The van der Waals surface area contributed by atoms with E-state index in [2.05, 4.69) is 0 Å². The maximum Gasteiger partial charge on any atom is 0.335 e. The van der Waals surface area contributed by atoms with Crippen LogP contribution in [0.2, 0.25) is 0 Å². The molecule has 0 aliphatic rings. The summed E-state index contributed by atoms with van der Waals surface area (Å²) in [7, 11) is -3.53. The number of carbonyl (C=O) groups is 1. The third kappa shape index (κ3) is 4.05. The first-order valence-corrected chi connectivity index (χ1v) is 8.10. The third-order valence-electron chi connectivity index (χ3n) is 2.93. The van der Waals surface area contributed by atoms with Crippen LogP contribution in [0.4, 0.5) is 0 Å². The topological polar surface area (TPSA) is 80.7 Å². The molecule has 0 heterocycles. The van der Waals surface area contributed by atoms with E-state index in [0.29, 0.717) is 17.7 Å². The lowest BCUT2D eigenvalue weighted by molar-refractivity contribution is 0.0696. The van der Waals surface area contributed by atoms with Gasteiger partial charge in [0.2, 0.25) is 0 Å². The number of ether oxygens (including phenoxy) is 1. The van der Waals surface area contributed by atoms with Crippen molar-refractivity contribution in [2.24, 2.45) is 0 Å². The molecule has 1 rings (SSSR count). The molecule has 0 unspecified atom stereocenters. The van der Waals surface area contributed by atoms with Crippen LogP contribution in [0.15, 0.2) is 17.0 Å². The van der Waals surface area contributed by atoms with E-state index >= 15 is 0 Å².